The Morgan fingerprint density at radius 3 is 1.50 bits per heavy atom. The molecule has 0 unspecified atom stereocenters. The van der Waals surface area contributed by atoms with Crippen molar-refractivity contribution in [2.45, 2.75) is 0 Å². The lowest BCUT2D eigenvalue weighted by molar-refractivity contribution is 1.07. The minimum atomic E-state index is 0.644. The van der Waals surface area contributed by atoms with Crippen molar-refractivity contribution in [3.05, 3.63) is 188 Å². The molecule has 52 heavy (non-hydrogen) atoms. The molecule has 1 aromatic heterocycles. The number of aromatic nitrogens is 3. The third-order valence-corrected chi connectivity index (χ3v) is 10.1. The van der Waals surface area contributed by atoms with Crippen molar-refractivity contribution in [2.24, 2.45) is 0 Å². The van der Waals surface area contributed by atoms with E-state index in [9.17, 15) is 0 Å². The lowest BCUT2D eigenvalue weighted by atomic mass is 9.92. The molecule has 0 saturated heterocycles. The maximum absolute atomic E-state index is 5.02. The fourth-order valence-corrected chi connectivity index (χ4v) is 7.46. The van der Waals surface area contributed by atoms with Crippen LogP contribution in [0.1, 0.15) is 0 Å². The molecule has 3 heteroatoms. The zero-order valence-electron chi connectivity index (χ0n) is 28.2. The van der Waals surface area contributed by atoms with Crippen molar-refractivity contribution < 1.29 is 0 Å². The minimum absolute atomic E-state index is 0.644. The van der Waals surface area contributed by atoms with Crippen molar-refractivity contribution in [3.63, 3.8) is 0 Å². The van der Waals surface area contributed by atoms with Gasteiger partial charge in [-0.25, -0.2) is 15.0 Å². The van der Waals surface area contributed by atoms with Crippen molar-refractivity contribution >= 4 is 43.1 Å². The van der Waals surface area contributed by atoms with E-state index in [1.54, 1.807) is 0 Å². The summed E-state index contributed by atoms with van der Waals surface area (Å²) in [5, 5.41) is 10.2. The zero-order chi connectivity index (χ0) is 34.4. The highest BCUT2D eigenvalue weighted by Gasteiger charge is 2.14. The van der Waals surface area contributed by atoms with Crippen LogP contribution in [-0.2, 0) is 0 Å². The summed E-state index contributed by atoms with van der Waals surface area (Å²) in [7, 11) is 0. The molecule has 0 N–H and O–H groups in total. The van der Waals surface area contributed by atoms with Gasteiger partial charge in [0.25, 0.3) is 0 Å². The molecule has 9 aromatic carbocycles. The van der Waals surface area contributed by atoms with Gasteiger partial charge in [-0.1, -0.05) is 176 Å². The molecular weight excluding hydrogens is 631 g/mol. The first kappa shape index (κ1) is 29.9. The summed E-state index contributed by atoms with van der Waals surface area (Å²) < 4.78 is 0. The quantitative estimate of drug-likeness (QED) is 0.172. The van der Waals surface area contributed by atoms with Crippen molar-refractivity contribution in [3.8, 4) is 56.4 Å². The number of hydrogen-bond acceptors (Lipinski definition) is 3. The first-order valence-electron chi connectivity index (χ1n) is 17.6. The molecule has 0 amide bonds. The Labute approximate surface area is 301 Å². The smallest absolute Gasteiger partial charge is 0.164 e. The second-order valence-corrected chi connectivity index (χ2v) is 13.2. The van der Waals surface area contributed by atoms with Gasteiger partial charge in [0.05, 0.1) is 0 Å². The van der Waals surface area contributed by atoms with E-state index in [0.717, 1.165) is 33.4 Å². The minimum Gasteiger partial charge on any atom is -0.208 e. The average molecular weight is 662 g/mol. The van der Waals surface area contributed by atoms with Gasteiger partial charge >= 0.3 is 0 Å². The van der Waals surface area contributed by atoms with Gasteiger partial charge in [-0.15, -0.1) is 0 Å². The monoisotopic (exact) mass is 661 g/mol. The number of hydrogen-bond donors (Lipinski definition) is 0. The SMILES string of the molecule is c1ccc(-c2cccc(-c3nc(-c4ccccc4)nc(-c4ccc(-c5ccc6c(ccc7c6ccc6ccc8ccccc8c67)c5)cc4)n3)c2)cc1. The largest absolute Gasteiger partial charge is 0.208 e. The molecule has 0 spiro atoms. The van der Waals surface area contributed by atoms with Crippen LogP contribution in [-0.4, -0.2) is 15.0 Å². The molecule has 0 radical (unpaired) electrons. The fraction of sp³-hybridized carbons (Fsp3) is 0. The Morgan fingerprint density at radius 1 is 0.231 bits per heavy atom. The first-order chi connectivity index (χ1) is 25.7. The summed E-state index contributed by atoms with van der Waals surface area (Å²) in [6.45, 7) is 0. The van der Waals surface area contributed by atoms with E-state index in [2.05, 4.69) is 152 Å². The van der Waals surface area contributed by atoms with Gasteiger partial charge in [-0.3, -0.25) is 0 Å². The van der Waals surface area contributed by atoms with Crippen LogP contribution in [0, 0.1) is 0 Å². The number of rotatable bonds is 5. The molecular formula is C49H31N3. The predicted molar refractivity (Wildman–Crippen MR) is 217 cm³/mol. The predicted octanol–water partition coefficient (Wildman–Crippen LogP) is 12.8. The van der Waals surface area contributed by atoms with Crippen molar-refractivity contribution in [1.82, 2.24) is 15.0 Å². The van der Waals surface area contributed by atoms with E-state index in [-0.39, 0.29) is 0 Å². The molecule has 10 aromatic rings. The Bertz CT molecular complexity index is 2930. The standard InChI is InChI=1S/C49H31N3/c1-3-10-32(11-4-1)38-15-9-16-41(31-38)49-51-47(36-13-5-2-6-14-36)50-48(52-49)37-22-18-33(19-23-37)39-25-27-42-40(30-39)26-29-45-44(42)28-24-35-21-20-34-12-7-8-17-43(34)46(35)45/h1-31H. The summed E-state index contributed by atoms with van der Waals surface area (Å²) in [4.78, 5) is 15.0. The molecule has 0 aliphatic heterocycles. The molecule has 0 aliphatic rings. The highest BCUT2D eigenvalue weighted by Crippen LogP contribution is 2.37. The van der Waals surface area contributed by atoms with Crippen LogP contribution in [0.25, 0.3) is 99.5 Å². The summed E-state index contributed by atoms with van der Waals surface area (Å²) >= 11 is 0. The van der Waals surface area contributed by atoms with Gasteiger partial charge in [0.1, 0.15) is 0 Å². The van der Waals surface area contributed by atoms with Crippen LogP contribution >= 0.6 is 0 Å². The third kappa shape index (κ3) is 5.28. The third-order valence-electron chi connectivity index (χ3n) is 10.1. The fourth-order valence-electron chi connectivity index (χ4n) is 7.46. The number of fused-ring (bicyclic) bond motifs is 7. The van der Waals surface area contributed by atoms with Gasteiger partial charge in [-0.05, 0) is 77.5 Å². The first-order valence-corrected chi connectivity index (χ1v) is 17.6. The van der Waals surface area contributed by atoms with E-state index in [0.29, 0.717) is 17.5 Å². The van der Waals surface area contributed by atoms with E-state index in [1.807, 2.05) is 36.4 Å². The Kier molecular flexibility index (Phi) is 7.14. The maximum Gasteiger partial charge on any atom is 0.164 e. The van der Waals surface area contributed by atoms with E-state index < -0.39 is 0 Å². The van der Waals surface area contributed by atoms with E-state index in [4.69, 9.17) is 15.0 Å². The second-order valence-electron chi connectivity index (χ2n) is 13.2. The molecule has 0 fully saturated rings. The highest BCUT2D eigenvalue weighted by molar-refractivity contribution is 6.24. The summed E-state index contributed by atoms with van der Waals surface area (Å²) in [6, 6.07) is 66.5. The van der Waals surface area contributed by atoms with Crippen LogP contribution < -0.4 is 0 Å². The van der Waals surface area contributed by atoms with Gasteiger partial charge in [0.2, 0.25) is 0 Å². The molecule has 0 saturated carbocycles. The van der Waals surface area contributed by atoms with Crippen molar-refractivity contribution in [2.75, 3.05) is 0 Å². The van der Waals surface area contributed by atoms with Crippen LogP contribution in [0.5, 0.6) is 0 Å². The van der Waals surface area contributed by atoms with Crippen LogP contribution in [0.15, 0.2) is 188 Å². The molecule has 0 aliphatic carbocycles. The summed E-state index contributed by atoms with van der Waals surface area (Å²) in [5.41, 5.74) is 7.43. The molecule has 242 valence electrons. The molecule has 3 nitrogen and oxygen atoms in total. The van der Waals surface area contributed by atoms with Gasteiger partial charge in [0, 0.05) is 16.7 Å². The Morgan fingerprint density at radius 2 is 0.712 bits per heavy atom. The molecule has 1 heterocycles. The molecule has 10 rings (SSSR count). The van der Waals surface area contributed by atoms with E-state index >= 15 is 0 Å². The Balaban J connectivity index is 1.03. The van der Waals surface area contributed by atoms with Crippen molar-refractivity contribution in [1.29, 1.82) is 0 Å². The maximum atomic E-state index is 5.02. The van der Waals surface area contributed by atoms with Crippen LogP contribution in [0.4, 0.5) is 0 Å². The molecule has 0 atom stereocenters. The highest BCUT2D eigenvalue weighted by atomic mass is 15.0. The number of nitrogens with zero attached hydrogens (tertiary/aromatic N) is 3. The molecule has 0 bridgehead atoms. The zero-order valence-corrected chi connectivity index (χ0v) is 28.2. The topological polar surface area (TPSA) is 38.7 Å². The lowest BCUT2D eigenvalue weighted by Crippen LogP contribution is -2.00. The van der Waals surface area contributed by atoms with E-state index in [1.165, 1.54) is 48.7 Å². The van der Waals surface area contributed by atoms with Gasteiger partial charge < -0.3 is 0 Å². The second kappa shape index (κ2) is 12.4. The summed E-state index contributed by atoms with van der Waals surface area (Å²) in [6.07, 6.45) is 0. The van der Waals surface area contributed by atoms with Crippen LogP contribution in [0.2, 0.25) is 0 Å². The Hall–Kier alpha value is -6.97. The van der Waals surface area contributed by atoms with Crippen LogP contribution in [0.3, 0.4) is 0 Å². The average Bonchev–Trinajstić information content (AvgIpc) is 3.23. The van der Waals surface area contributed by atoms with Gasteiger partial charge in [0.15, 0.2) is 17.5 Å². The summed E-state index contributed by atoms with van der Waals surface area (Å²) in [5.74, 6) is 1.94. The van der Waals surface area contributed by atoms with Gasteiger partial charge in [-0.2, -0.15) is 0 Å². The normalized spacial score (nSPS) is 11.5. The lowest BCUT2D eigenvalue weighted by Gasteiger charge is -2.12. The number of benzene rings is 9.